The molecule has 6 nitrogen and oxygen atoms in total. The molecule has 9 heteroatoms. The van der Waals surface area contributed by atoms with Crippen molar-refractivity contribution >= 4 is 50.3 Å². The Morgan fingerprint density at radius 1 is 1.23 bits per heavy atom. The molecule has 0 radical (unpaired) electrons. The fraction of sp³-hybridized carbons (Fsp3) is 0.136. The fourth-order valence-electron chi connectivity index (χ4n) is 3.00. The summed E-state index contributed by atoms with van der Waals surface area (Å²) >= 11 is 4.73. The number of anilines is 1. The van der Waals surface area contributed by atoms with Crippen LogP contribution in [-0.4, -0.2) is 27.6 Å². The minimum absolute atomic E-state index is 0.0113. The summed E-state index contributed by atoms with van der Waals surface area (Å²) in [6.45, 7) is -0.0113. The third-order valence-electron chi connectivity index (χ3n) is 4.55. The number of carbonyl (C=O) groups excluding carboxylic acids is 1. The van der Waals surface area contributed by atoms with E-state index < -0.39 is 5.82 Å². The van der Waals surface area contributed by atoms with E-state index in [-0.39, 0.29) is 18.1 Å². The van der Waals surface area contributed by atoms with Crippen molar-refractivity contribution in [3.63, 3.8) is 0 Å². The lowest BCUT2D eigenvalue weighted by molar-refractivity contribution is -0.116. The van der Waals surface area contributed by atoms with Crippen molar-refractivity contribution in [2.75, 3.05) is 12.4 Å². The average Bonchev–Trinajstić information content (AvgIpc) is 3.12. The summed E-state index contributed by atoms with van der Waals surface area (Å²) in [5.41, 5.74) is 2.72. The van der Waals surface area contributed by atoms with E-state index in [1.807, 2.05) is 24.3 Å². The normalized spacial score (nSPS) is 10.9. The van der Waals surface area contributed by atoms with Gasteiger partial charge in [-0.25, -0.2) is 9.37 Å². The van der Waals surface area contributed by atoms with Crippen molar-refractivity contribution in [2.45, 2.75) is 17.5 Å². The number of nitrogens with one attached hydrogen (secondary N) is 1. The number of hydrogen-bond donors (Lipinski definition) is 1. The molecule has 0 aliphatic heterocycles. The number of nitrogens with zero attached hydrogens (tertiary/aromatic N) is 3. The first-order valence-corrected chi connectivity index (χ1v) is 11.1. The summed E-state index contributed by atoms with van der Waals surface area (Å²) in [5, 5.41) is 3.31. The quantitative estimate of drug-likeness (QED) is 0.350. The fourth-order valence-corrected chi connectivity index (χ4v) is 4.31. The van der Waals surface area contributed by atoms with Crippen molar-refractivity contribution in [2.24, 2.45) is 0 Å². The molecule has 2 heterocycles. The minimum atomic E-state index is -0.506. The second-order valence-corrected chi connectivity index (χ2v) is 8.51. The van der Waals surface area contributed by atoms with Gasteiger partial charge in [-0.15, -0.1) is 0 Å². The van der Waals surface area contributed by atoms with Gasteiger partial charge >= 0.3 is 0 Å². The van der Waals surface area contributed by atoms with E-state index in [0.29, 0.717) is 15.4 Å². The van der Waals surface area contributed by atoms with Crippen molar-refractivity contribution in [3.05, 3.63) is 76.8 Å². The van der Waals surface area contributed by atoms with E-state index in [4.69, 9.17) is 4.74 Å². The van der Waals surface area contributed by atoms with Gasteiger partial charge in [0, 0.05) is 16.4 Å². The van der Waals surface area contributed by atoms with Gasteiger partial charge < -0.3 is 14.6 Å². The summed E-state index contributed by atoms with van der Waals surface area (Å²) in [7, 11) is 1.63. The van der Waals surface area contributed by atoms with Crippen LogP contribution in [0.5, 0.6) is 5.75 Å². The van der Waals surface area contributed by atoms with Gasteiger partial charge in [0.25, 0.3) is 0 Å². The van der Waals surface area contributed by atoms with Gasteiger partial charge in [0.05, 0.1) is 30.0 Å². The highest BCUT2D eigenvalue weighted by Gasteiger charge is 2.16. The number of amides is 1. The zero-order valence-electron chi connectivity index (χ0n) is 16.5. The molecule has 0 aliphatic carbocycles. The Bertz CT molecular complexity index is 1230. The van der Waals surface area contributed by atoms with E-state index in [1.54, 1.807) is 36.2 Å². The predicted octanol–water partition coefficient (Wildman–Crippen LogP) is 5.27. The van der Waals surface area contributed by atoms with E-state index in [2.05, 4.69) is 31.2 Å². The minimum Gasteiger partial charge on any atom is -0.497 e. The average molecular weight is 501 g/mol. The number of benzene rings is 2. The maximum absolute atomic E-state index is 14.1. The molecule has 0 saturated carbocycles. The largest absolute Gasteiger partial charge is 0.497 e. The summed E-state index contributed by atoms with van der Waals surface area (Å²) in [6, 6.07) is 14.1. The Kier molecular flexibility index (Phi) is 6.53. The van der Waals surface area contributed by atoms with Gasteiger partial charge in [-0.2, -0.15) is 0 Å². The van der Waals surface area contributed by atoms with E-state index in [0.717, 1.165) is 22.3 Å². The highest BCUT2D eigenvalue weighted by atomic mass is 79.9. The number of pyridine rings is 1. The molecule has 0 atom stereocenters. The molecule has 31 heavy (non-hydrogen) atoms. The zero-order chi connectivity index (χ0) is 21.8. The molecular weight excluding hydrogens is 483 g/mol. The molecule has 158 valence electrons. The standard InChI is InChI=1S/C22H18BrFN4O2S/c1-30-16-5-2-14(3-6-16)13-31-22-27-19-8-9-25-11-20(19)28(22)12-21(29)26-18-7-4-15(23)10-17(18)24/h2-11H,12-13H2,1H3,(H,26,29). The van der Waals surface area contributed by atoms with Crippen molar-refractivity contribution in [1.29, 1.82) is 0 Å². The predicted molar refractivity (Wildman–Crippen MR) is 123 cm³/mol. The summed E-state index contributed by atoms with van der Waals surface area (Å²) < 4.78 is 21.7. The second kappa shape index (κ2) is 9.49. The van der Waals surface area contributed by atoms with Crippen molar-refractivity contribution < 1.29 is 13.9 Å². The van der Waals surface area contributed by atoms with Crippen LogP contribution in [0.1, 0.15) is 5.56 Å². The van der Waals surface area contributed by atoms with Gasteiger partial charge in [-0.3, -0.25) is 9.78 Å². The Hall–Kier alpha value is -2.91. The van der Waals surface area contributed by atoms with Gasteiger partial charge in [-0.1, -0.05) is 39.8 Å². The van der Waals surface area contributed by atoms with Crippen LogP contribution in [0.25, 0.3) is 11.0 Å². The molecule has 0 aliphatic rings. The number of imidazole rings is 1. The number of carbonyl (C=O) groups is 1. The molecule has 1 amide bonds. The van der Waals surface area contributed by atoms with Gasteiger partial charge in [-0.05, 0) is 42.0 Å². The van der Waals surface area contributed by atoms with Gasteiger partial charge in [0.1, 0.15) is 18.1 Å². The molecule has 0 unspecified atom stereocenters. The topological polar surface area (TPSA) is 69.0 Å². The smallest absolute Gasteiger partial charge is 0.244 e. The maximum Gasteiger partial charge on any atom is 0.244 e. The van der Waals surface area contributed by atoms with Gasteiger partial charge in [0.15, 0.2) is 5.16 Å². The van der Waals surface area contributed by atoms with E-state index in [1.165, 1.54) is 23.9 Å². The first kappa shape index (κ1) is 21.3. The number of rotatable bonds is 7. The monoisotopic (exact) mass is 500 g/mol. The van der Waals surface area contributed by atoms with Crippen molar-refractivity contribution in [3.8, 4) is 5.75 Å². The second-order valence-electron chi connectivity index (χ2n) is 6.65. The van der Waals surface area contributed by atoms with E-state index >= 15 is 0 Å². The third-order valence-corrected chi connectivity index (χ3v) is 6.09. The SMILES string of the molecule is COc1ccc(CSc2nc3ccncc3n2CC(=O)Nc2ccc(Br)cc2F)cc1. The van der Waals surface area contributed by atoms with E-state index in [9.17, 15) is 9.18 Å². The zero-order valence-corrected chi connectivity index (χ0v) is 18.9. The first-order chi connectivity index (χ1) is 15.0. The van der Waals surface area contributed by atoms with Crippen LogP contribution >= 0.6 is 27.7 Å². The number of fused-ring (bicyclic) bond motifs is 1. The molecule has 2 aromatic carbocycles. The maximum atomic E-state index is 14.1. The third kappa shape index (κ3) is 5.05. The summed E-state index contributed by atoms with van der Waals surface area (Å²) in [5.74, 6) is 0.609. The Morgan fingerprint density at radius 3 is 2.77 bits per heavy atom. The lowest BCUT2D eigenvalue weighted by Crippen LogP contribution is -2.20. The summed E-state index contributed by atoms with van der Waals surface area (Å²) in [4.78, 5) is 21.5. The van der Waals surface area contributed by atoms with Crippen molar-refractivity contribution in [1.82, 2.24) is 14.5 Å². The van der Waals surface area contributed by atoms with Crippen LogP contribution in [0.3, 0.4) is 0 Å². The number of ether oxygens (including phenoxy) is 1. The number of methoxy groups -OCH3 is 1. The van der Waals surface area contributed by atoms with Crippen LogP contribution in [0.4, 0.5) is 10.1 Å². The van der Waals surface area contributed by atoms with Crippen LogP contribution in [0.15, 0.2) is 70.6 Å². The molecule has 1 N–H and O–H groups in total. The molecule has 4 aromatic rings. The molecule has 0 bridgehead atoms. The highest BCUT2D eigenvalue weighted by molar-refractivity contribution is 9.10. The molecule has 0 saturated heterocycles. The lowest BCUT2D eigenvalue weighted by Gasteiger charge is -2.10. The van der Waals surface area contributed by atoms with Crippen LogP contribution in [0, 0.1) is 5.82 Å². The Labute approximate surface area is 191 Å². The highest BCUT2D eigenvalue weighted by Crippen LogP contribution is 2.27. The summed E-state index contributed by atoms with van der Waals surface area (Å²) in [6.07, 6.45) is 3.34. The first-order valence-electron chi connectivity index (χ1n) is 9.34. The van der Waals surface area contributed by atoms with Crippen LogP contribution in [-0.2, 0) is 17.1 Å². The molecule has 2 aromatic heterocycles. The number of thioether (sulfide) groups is 1. The Morgan fingerprint density at radius 2 is 2.03 bits per heavy atom. The van der Waals surface area contributed by atoms with Crippen LogP contribution < -0.4 is 10.1 Å². The molecule has 0 spiro atoms. The number of halogens is 2. The molecular formula is C22H18BrFN4O2S. The molecule has 4 rings (SSSR count). The number of aromatic nitrogens is 3. The van der Waals surface area contributed by atoms with Gasteiger partial charge in [0.2, 0.25) is 5.91 Å². The Balaban J connectivity index is 1.54. The van der Waals surface area contributed by atoms with Crippen LogP contribution in [0.2, 0.25) is 0 Å². The number of hydrogen-bond acceptors (Lipinski definition) is 5. The lowest BCUT2D eigenvalue weighted by atomic mass is 10.2. The molecule has 0 fully saturated rings.